The van der Waals surface area contributed by atoms with Gasteiger partial charge in [0.25, 0.3) is 0 Å². The molecular formula is C20H25N5. The summed E-state index contributed by atoms with van der Waals surface area (Å²) in [6, 6.07) is 0. The molecule has 1 saturated heterocycles. The lowest BCUT2D eigenvalue weighted by atomic mass is 10.0. The monoisotopic (exact) mass is 335 g/mol. The molecule has 25 heavy (non-hydrogen) atoms. The molecule has 5 nitrogen and oxygen atoms in total. The Morgan fingerprint density at radius 2 is 1.84 bits per heavy atom. The standard InChI is InChI=1S/C20H25N5/c1-24-12-14-25(15-13-24)18-5-3-2-4-17(6-8-18)7-9-19-20(16-21)23-11-10-22-19/h2,4-11,16-17,21H,3,12-15H2,1H3/b4-2?,8-6-,9-7+,18-5+,21-16?. The van der Waals surface area contributed by atoms with Crippen LogP contribution >= 0.6 is 0 Å². The first-order valence-corrected chi connectivity index (χ1v) is 8.74. The molecule has 2 aliphatic rings. The van der Waals surface area contributed by atoms with Gasteiger partial charge in [-0.05, 0) is 25.6 Å². The van der Waals surface area contributed by atoms with E-state index in [2.05, 4.69) is 63.3 Å². The molecule has 1 aliphatic heterocycles. The van der Waals surface area contributed by atoms with Crippen molar-refractivity contribution in [3.8, 4) is 0 Å². The second-order valence-electron chi connectivity index (χ2n) is 6.35. The van der Waals surface area contributed by atoms with Crippen molar-refractivity contribution in [1.82, 2.24) is 19.8 Å². The normalized spacial score (nSPS) is 25.2. The topological polar surface area (TPSA) is 56.1 Å². The van der Waals surface area contributed by atoms with Crippen LogP contribution in [0.25, 0.3) is 6.08 Å². The average molecular weight is 335 g/mol. The smallest absolute Gasteiger partial charge is 0.106 e. The molecule has 0 radical (unpaired) electrons. The maximum atomic E-state index is 7.42. The van der Waals surface area contributed by atoms with Crippen LogP contribution in [0.5, 0.6) is 0 Å². The predicted octanol–water partition coefficient (Wildman–Crippen LogP) is 2.75. The molecule has 1 aliphatic carbocycles. The number of rotatable bonds is 4. The number of nitrogens with zero attached hydrogens (tertiary/aromatic N) is 4. The van der Waals surface area contributed by atoms with Crippen LogP contribution in [0.1, 0.15) is 17.8 Å². The van der Waals surface area contributed by atoms with E-state index in [4.69, 9.17) is 5.41 Å². The van der Waals surface area contributed by atoms with E-state index >= 15 is 0 Å². The Balaban J connectivity index is 1.70. The summed E-state index contributed by atoms with van der Waals surface area (Å²) < 4.78 is 0. The maximum Gasteiger partial charge on any atom is 0.106 e. The molecule has 3 rings (SSSR count). The van der Waals surface area contributed by atoms with Crippen LogP contribution in [0.4, 0.5) is 0 Å². The first-order valence-electron chi connectivity index (χ1n) is 8.74. The van der Waals surface area contributed by atoms with Crippen LogP contribution in [0, 0.1) is 11.3 Å². The number of likely N-dealkylation sites (N-methyl/N-ethyl adjacent to an activating group) is 1. The molecule has 0 amide bonds. The molecule has 1 unspecified atom stereocenters. The fourth-order valence-electron chi connectivity index (χ4n) is 3.00. The number of piperazine rings is 1. The van der Waals surface area contributed by atoms with E-state index in [9.17, 15) is 0 Å². The molecule has 130 valence electrons. The van der Waals surface area contributed by atoms with Crippen LogP contribution in [0.2, 0.25) is 0 Å². The summed E-state index contributed by atoms with van der Waals surface area (Å²) >= 11 is 0. The molecule has 0 saturated carbocycles. The molecule has 5 heteroatoms. The highest BCUT2D eigenvalue weighted by Gasteiger charge is 2.15. The van der Waals surface area contributed by atoms with Gasteiger partial charge >= 0.3 is 0 Å². The van der Waals surface area contributed by atoms with Gasteiger partial charge in [-0.2, -0.15) is 0 Å². The lowest BCUT2D eigenvalue weighted by Crippen LogP contribution is -2.43. The third kappa shape index (κ3) is 4.73. The van der Waals surface area contributed by atoms with Crippen molar-refractivity contribution in [3.63, 3.8) is 0 Å². The first kappa shape index (κ1) is 17.3. The fraction of sp³-hybridized carbons (Fsp3) is 0.350. The molecule has 0 aromatic carbocycles. The summed E-state index contributed by atoms with van der Waals surface area (Å²) in [7, 11) is 2.18. The van der Waals surface area contributed by atoms with E-state index < -0.39 is 0 Å². The van der Waals surface area contributed by atoms with Gasteiger partial charge in [0.1, 0.15) is 5.69 Å². The van der Waals surface area contributed by atoms with Gasteiger partial charge in [0.2, 0.25) is 0 Å². The first-order chi connectivity index (χ1) is 12.3. The Kier molecular flexibility index (Phi) is 5.90. The molecule has 1 N–H and O–H groups in total. The minimum atomic E-state index is 0.219. The van der Waals surface area contributed by atoms with Gasteiger partial charge in [-0.3, -0.25) is 9.97 Å². The second kappa shape index (κ2) is 8.53. The van der Waals surface area contributed by atoms with Crippen LogP contribution < -0.4 is 0 Å². The second-order valence-corrected chi connectivity index (χ2v) is 6.35. The Bertz CT molecular complexity index is 709. The number of hydrogen-bond donors (Lipinski definition) is 1. The van der Waals surface area contributed by atoms with Gasteiger partial charge in [-0.25, -0.2) is 0 Å². The highest BCUT2D eigenvalue weighted by molar-refractivity contribution is 5.79. The van der Waals surface area contributed by atoms with Crippen LogP contribution in [-0.2, 0) is 0 Å². The van der Waals surface area contributed by atoms with E-state index in [0.717, 1.165) is 38.3 Å². The molecule has 0 bridgehead atoms. The Morgan fingerprint density at radius 1 is 1.08 bits per heavy atom. The van der Waals surface area contributed by atoms with Gasteiger partial charge in [-0.1, -0.05) is 30.4 Å². The molecule has 2 heterocycles. The zero-order valence-corrected chi connectivity index (χ0v) is 14.7. The van der Waals surface area contributed by atoms with Crippen molar-refractivity contribution in [2.75, 3.05) is 33.2 Å². The summed E-state index contributed by atoms with van der Waals surface area (Å²) in [6.45, 7) is 4.39. The number of aromatic nitrogens is 2. The molecule has 1 aromatic heterocycles. The number of nitrogens with one attached hydrogen (secondary N) is 1. The molecular weight excluding hydrogens is 310 g/mol. The van der Waals surface area contributed by atoms with Crippen molar-refractivity contribution in [1.29, 1.82) is 5.41 Å². The Labute approximate surface area is 149 Å². The zero-order valence-electron chi connectivity index (χ0n) is 14.7. The SMILES string of the molecule is CN1CCN(C2=C/CC=CC(/C=C/c3nccnc3C=N)/C=C\2)CC1. The van der Waals surface area contributed by atoms with Crippen molar-refractivity contribution >= 4 is 12.3 Å². The van der Waals surface area contributed by atoms with Gasteiger partial charge in [0, 0.05) is 56.4 Å². The number of allylic oxidation sites excluding steroid dienone is 6. The van der Waals surface area contributed by atoms with Crippen molar-refractivity contribution in [2.24, 2.45) is 5.92 Å². The fourth-order valence-corrected chi connectivity index (χ4v) is 3.00. The summed E-state index contributed by atoms with van der Waals surface area (Å²) in [4.78, 5) is 13.3. The lowest BCUT2D eigenvalue weighted by Gasteiger charge is -2.35. The zero-order chi connectivity index (χ0) is 17.5. The molecule has 0 spiro atoms. The van der Waals surface area contributed by atoms with E-state index in [0.29, 0.717) is 5.69 Å². The van der Waals surface area contributed by atoms with Gasteiger partial charge in [-0.15, -0.1) is 0 Å². The summed E-state index contributed by atoms with van der Waals surface area (Å²) in [6.07, 6.45) is 20.7. The lowest BCUT2D eigenvalue weighted by molar-refractivity contribution is 0.190. The summed E-state index contributed by atoms with van der Waals surface area (Å²) in [5.74, 6) is 0.219. The van der Waals surface area contributed by atoms with Gasteiger partial charge in [0.05, 0.1) is 5.69 Å². The van der Waals surface area contributed by atoms with E-state index in [1.54, 1.807) is 12.4 Å². The van der Waals surface area contributed by atoms with Crippen LogP contribution in [0.3, 0.4) is 0 Å². The Hall–Kier alpha value is -2.53. The minimum Gasteiger partial charge on any atom is -0.369 e. The van der Waals surface area contributed by atoms with Gasteiger partial charge in [0.15, 0.2) is 0 Å². The van der Waals surface area contributed by atoms with Crippen LogP contribution in [-0.4, -0.2) is 59.2 Å². The van der Waals surface area contributed by atoms with E-state index in [1.165, 1.54) is 11.9 Å². The molecule has 1 fully saturated rings. The van der Waals surface area contributed by atoms with E-state index in [-0.39, 0.29) is 5.92 Å². The highest BCUT2D eigenvalue weighted by Crippen LogP contribution is 2.17. The highest BCUT2D eigenvalue weighted by atomic mass is 15.2. The Morgan fingerprint density at radius 3 is 2.60 bits per heavy atom. The van der Waals surface area contributed by atoms with Crippen molar-refractivity contribution in [3.05, 3.63) is 65.9 Å². The molecule has 1 atom stereocenters. The average Bonchev–Trinajstić information content (AvgIpc) is 2.62. The summed E-state index contributed by atoms with van der Waals surface area (Å²) in [5, 5.41) is 7.42. The van der Waals surface area contributed by atoms with Crippen molar-refractivity contribution < 1.29 is 0 Å². The van der Waals surface area contributed by atoms with Crippen molar-refractivity contribution in [2.45, 2.75) is 6.42 Å². The minimum absolute atomic E-state index is 0.219. The van der Waals surface area contributed by atoms with Gasteiger partial charge < -0.3 is 15.2 Å². The number of hydrogen-bond acceptors (Lipinski definition) is 5. The molecule has 1 aromatic rings. The van der Waals surface area contributed by atoms with Crippen LogP contribution in [0.15, 0.2) is 54.5 Å². The predicted molar refractivity (Wildman–Crippen MR) is 102 cm³/mol. The largest absolute Gasteiger partial charge is 0.369 e. The third-order valence-corrected chi connectivity index (χ3v) is 4.55. The quantitative estimate of drug-likeness (QED) is 0.679. The summed E-state index contributed by atoms with van der Waals surface area (Å²) in [5.41, 5.74) is 2.64. The maximum absolute atomic E-state index is 7.42. The third-order valence-electron chi connectivity index (χ3n) is 4.55. The van der Waals surface area contributed by atoms with E-state index in [1.807, 2.05) is 6.08 Å².